The summed E-state index contributed by atoms with van der Waals surface area (Å²) in [6.07, 6.45) is 1.43. The summed E-state index contributed by atoms with van der Waals surface area (Å²) in [7, 11) is -3.49. The SMILES string of the molecule is Cc1nc(C)c(C(C)NS(=O)(=O)N2CCC(CO)CC2)s1. The van der Waals surface area contributed by atoms with E-state index in [0.717, 1.165) is 15.6 Å². The van der Waals surface area contributed by atoms with Gasteiger partial charge >= 0.3 is 0 Å². The number of thiazole rings is 1. The first-order valence-corrected chi connectivity index (χ1v) is 9.41. The smallest absolute Gasteiger partial charge is 0.280 e. The number of hydrogen-bond acceptors (Lipinski definition) is 5. The molecule has 0 radical (unpaired) electrons. The maximum Gasteiger partial charge on any atom is 0.280 e. The van der Waals surface area contributed by atoms with E-state index >= 15 is 0 Å². The average molecular weight is 333 g/mol. The van der Waals surface area contributed by atoms with Crippen LogP contribution in [0.2, 0.25) is 0 Å². The molecule has 2 heterocycles. The first-order chi connectivity index (χ1) is 9.83. The lowest BCUT2D eigenvalue weighted by molar-refractivity contribution is 0.169. The first kappa shape index (κ1) is 16.8. The van der Waals surface area contributed by atoms with Crippen LogP contribution in [-0.4, -0.2) is 42.5 Å². The Labute approximate surface area is 130 Å². The third kappa shape index (κ3) is 4.01. The van der Waals surface area contributed by atoms with E-state index in [-0.39, 0.29) is 18.6 Å². The van der Waals surface area contributed by atoms with Crippen LogP contribution in [0.4, 0.5) is 0 Å². The van der Waals surface area contributed by atoms with Crippen LogP contribution in [0.1, 0.15) is 41.4 Å². The number of aromatic nitrogens is 1. The van der Waals surface area contributed by atoms with Crippen molar-refractivity contribution < 1.29 is 13.5 Å². The van der Waals surface area contributed by atoms with Crippen molar-refractivity contribution in [1.82, 2.24) is 14.0 Å². The number of nitrogens with one attached hydrogen (secondary N) is 1. The van der Waals surface area contributed by atoms with Crippen LogP contribution in [0.15, 0.2) is 0 Å². The lowest BCUT2D eigenvalue weighted by atomic mass is 10.00. The van der Waals surface area contributed by atoms with Crippen molar-refractivity contribution in [3.63, 3.8) is 0 Å². The van der Waals surface area contributed by atoms with Gasteiger partial charge in [-0.2, -0.15) is 17.4 Å². The largest absolute Gasteiger partial charge is 0.396 e. The Morgan fingerprint density at radius 2 is 2.05 bits per heavy atom. The van der Waals surface area contributed by atoms with Gasteiger partial charge in [0.05, 0.1) is 16.7 Å². The molecule has 0 aromatic carbocycles. The van der Waals surface area contributed by atoms with Crippen molar-refractivity contribution in [3.8, 4) is 0 Å². The van der Waals surface area contributed by atoms with Gasteiger partial charge in [-0.05, 0) is 39.5 Å². The molecule has 21 heavy (non-hydrogen) atoms. The van der Waals surface area contributed by atoms with Crippen molar-refractivity contribution in [2.24, 2.45) is 5.92 Å². The van der Waals surface area contributed by atoms with Crippen LogP contribution < -0.4 is 4.72 Å². The molecule has 0 bridgehead atoms. The Kier molecular flexibility index (Phi) is 5.37. The number of aryl methyl sites for hydroxylation is 2. The molecule has 120 valence electrons. The molecule has 1 atom stereocenters. The van der Waals surface area contributed by atoms with Crippen molar-refractivity contribution >= 4 is 21.5 Å². The fourth-order valence-electron chi connectivity index (χ4n) is 2.63. The van der Waals surface area contributed by atoms with Crippen molar-refractivity contribution in [2.75, 3.05) is 19.7 Å². The minimum Gasteiger partial charge on any atom is -0.396 e. The first-order valence-electron chi connectivity index (χ1n) is 7.15. The molecule has 1 unspecified atom stereocenters. The van der Waals surface area contributed by atoms with E-state index in [9.17, 15) is 8.42 Å². The molecule has 1 aliphatic rings. The third-order valence-corrected chi connectivity index (χ3v) is 6.78. The molecule has 1 aliphatic heterocycles. The van der Waals surface area contributed by atoms with Crippen LogP contribution in [0.25, 0.3) is 0 Å². The number of nitrogens with zero attached hydrogens (tertiary/aromatic N) is 2. The topological polar surface area (TPSA) is 82.5 Å². The summed E-state index contributed by atoms with van der Waals surface area (Å²) in [6, 6.07) is -0.281. The summed E-state index contributed by atoms with van der Waals surface area (Å²) in [5, 5.41) is 10.1. The van der Waals surface area contributed by atoms with Gasteiger partial charge in [-0.25, -0.2) is 4.98 Å². The number of rotatable bonds is 5. The van der Waals surface area contributed by atoms with Crippen LogP contribution in [0.3, 0.4) is 0 Å². The molecule has 0 amide bonds. The maximum absolute atomic E-state index is 12.4. The van der Waals surface area contributed by atoms with Gasteiger partial charge < -0.3 is 5.11 Å². The van der Waals surface area contributed by atoms with E-state index < -0.39 is 10.2 Å². The zero-order valence-corrected chi connectivity index (χ0v) is 14.3. The van der Waals surface area contributed by atoms with Gasteiger partial charge in [-0.1, -0.05) is 0 Å². The third-order valence-electron chi connectivity index (χ3n) is 3.83. The molecule has 1 fully saturated rings. The van der Waals surface area contributed by atoms with Crippen molar-refractivity contribution in [1.29, 1.82) is 0 Å². The highest BCUT2D eigenvalue weighted by Gasteiger charge is 2.29. The normalized spacial score (nSPS) is 19.8. The second-order valence-electron chi connectivity index (χ2n) is 5.55. The highest BCUT2D eigenvalue weighted by Crippen LogP contribution is 2.26. The Morgan fingerprint density at radius 3 is 2.52 bits per heavy atom. The van der Waals surface area contributed by atoms with Crippen LogP contribution in [0.5, 0.6) is 0 Å². The fourth-order valence-corrected chi connectivity index (χ4v) is 5.04. The highest BCUT2D eigenvalue weighted by atomic mass is 32.2. The summed E-state index contributed by atoms with van der Waals surface area (Å²) in [5.74, 6) is 0.222. The minimum atomic E-state index is -3.49. The Hall–Kier alpha value is -0.540. The van der Waals surface area contributed by atoms with E-state index in [1.165, 1.54) is 15.6 Å². The maximum atomic E-state index is 12.4. The van der Waals surface area contributed by atoms with E-state index in [1.54, 1.807) is 0 Å². The summed E-state index contributed by atoms with van der Waals surface area (Å²) in [5.41, 5.74) is 0.881. The van der Waals surface area contributed by atoms with Gasteiger partial charge in [0.25, 0.3) is 10.2 Å². The predicted octanol–water partition coefficient (Wildman–Crippen LogP) is 1.36. The van der Waals surface area contributed by atoms with Crippen molar-refractivity contribution in [3.05, 3.63) is 15.6 Å². The highest BCUT2D eigenvalue weighted by molar-refractivity contribution is 7.87. The standard InChI is InChI=1S/C13H23N3O3S2/c1-9-13(20-11(3)14-9)10(2)15-21(18,19)16-6-4-12(8-17)5-7-16/h10,12,15,17H,4-8H2,1-3H3. The summed E-state index contributed by atoms with van der Waals surface area (Å²) in [4.78, 5) is 5.30. The van der Waals surface area contributed by atoms with Crippen LogP contribution in [0, 0.1) is 19.8 Å². The molecule has 0 spiro atoms. The molecular weight excluding hydrogens is 310 g/mol. The quantitative estimate of drug-likeness (QED) is 0.852. The van der Waals surface area contributed by atoms with Gasteiger partial charge in [-0.15, -0.1) is 11.3 Å². The number of piperidine rings is 1. The van der Waals surface area contributed by atoms with Gasteiger partial charge in [0.15, 0.2) is 0 Å². The van der Waals surface area contributed by atoms with E-state index in [0.29, 0.717) is 25.9 Å². The zero-order valence-electron chi connectivity index (χ0n) is 12.7. The van der Waals surface area contributed by atoms with E-state index in [1.807, 2.05) is 20.8 Å². The summed E-state index contributed by atoms with van der Waals surface area (Å²) < 4.78 is 29.0. The number of aliphatic hydroxyl groups excluding tert-OH is 1. The number of hydrogen-bond donors (Lipinski definition) is 2. The predicted molar refractivity (Wildman–Crippen MR) is 83.4 cm³/mol. The molecule has 1 aromatic rings. The molecule has 1 saturated heterocycles. The van der Waals surface area contributed by atoms with E-state index in [4.69, 9.17) is 5.11 Å². The molecule has 6 nitrogen and oxygen atoms in total. The van der Waals surface area contributed by atoms with Crippen LogP contribution >= 0.6 is 11.3 Å². The molecule has 0 aliphatic carbocycles. The second kappa shape index (κ2) is 6.70. The van der Waals surface area contributed by atoms with Gasteiger partial charge in [0.1, 0.15) is 0 Å². The van der Waals surface area contributed by atoms with Gasteiger partial charge in [0.2, 0.25) is 0 Å². The van der Waals surface area contributed by atoms with Crippen LogP contribution in [-0.2, 0) is 10.2 Å². The molecule has 8 heteroatoms. The molecular formula is C13H23N3O3S2. The molecule has 2 rings (SSSR count). The number of aliphatic hydroxyl groups is 1. The Morgan fingerprint density at radius 1 is 1.43 bits per heavy atom. The monoisotopic (exact) mass is 333 g/mol. The second-order valence-corrected chi connectivity index (χ2v) is 8.49. The average Bonchev–Trinajstić information content (AvgIpc) is 2.77. The van der Waals surface area contributed by atoms with E-state index in [2.05, 4.69) is 9.71 Å². The molecule has 1 aromatic heterocycles. The minimum absolute atomic E-state index is 0.136. The van der Waals surface area contributed by atoms with Gasteiger partial charge in [-0.3, -0.25) is 0 Å². The molecule has 2 N–H and O–H groups in total. The lowest BCUT2D eigenvalue weighted by Gasteiger charge is -2.31. The summed E-state index contributed by atoms with van der Waals surface area (Å²) in [6.45, 7) is 6.73. The zero-order chi connectivity index (χ0) is 15.6. The Bertz CT molecular complexity index is 577. The fraction of sp³-hybridized carbons (Fsp3) is 0.769. The van der Waals surface area contributed by atoms with Gasteiger partial charge in [0, 0.05) is 24.6 Å². The lowest BCUT2D eigenvalue weighted by Crippen LogP contribution is -2.46. The molecule has 0 saturated carbocycles. The Balaban J connectivity index is 2.02. The van der Waals surface area contributed by atoms with Crippen molar-refractivity contribution in [2.45, 2.75) is 39.7 Å². The summed E-state index contributed by atoms with van der Waals surface area (Å²) >= 11 is 1.52.